The van der Waals surface area contributed by atoms with Crippen molar-refractivity contribution in [1.82, 2.24) is 14.8 Å². The quantitative estimate of drug-likeness (QED) is 0.342. The van der Waals surface area contributed by atoms with E-state index < -0.39 is 0 Å². The van der Waals surface area contributed by atoms with E-state index in [1.54, 1.807) is 23.5 Å². The molecule has 3 aromatic heterocycles. The Kier molecular flexibility index (Phi) is 5.48. The SMILES string of the molecule is Cc1nn(Cc2ccc(F)cc2)c(C)c1NC(=O)c1cc(-c2ccsc2)nc2ccccc12. The number of fused-ring (bicyclic) bond motifs is 1. The van der Waals surface area contributed by atoms with Crippen LogP contribution in [0, 0.1) is 19.7 Å². The summed E-state index contributed by atoms with van der Waals surface area (Å²) in [6, 6.07) is 17.8. The molecule has 0 unspecified atom stereocenters. The molecule has 0 aliphatic heterocycles. The zero-order valence-electron chi connectivity index (χ0n) is 18.2. The van der Waals surface area contributed by atoms with E-state index in [1.807, 2.05) is 65.7 Å². The highest BCUT2D eigenvalue weighted by molar-refractivity contribution is 7.08. The highest BCUT2D eigenvalue weighted by Crippen LogP contribution is 2.28. The molecule has 0 fully saturated rings. The lowest BCUT2D eigenvalue weighted by Gasteiger charge is -2.11. The van der Waals surface area contributed by atoms with Gasteiger partial charge in [-0.2, -0.15) is 16.4 Å². The molecule has 0 atom stereocenters. The van der Waals surface area contributed by atoms with Crippen LogP contribution in [-0.4, -0.2) is 20.7 Å². The molecule has 1 N–H and O–H groups in total. The van der Waals surface area contributed by atoms with Gasteiger partial charge >= 0.3 is 0 Å². The summed E-state index contributed by atoms with van der Waals surface area (Å²) >= 11 is 1.59. The zero-order valence-corrected chi connectivity index (χ0v) is 19.0. The van der Waals surface area contributed by atoms with Crippen LogP contribution < -0.4 is 5.32 Å². The number of aryl methyl sites for hydroxylation is 1. The van der Waals surface area contributed by atoms with Crippen molar-refractivity contribution in [3.63, 3.8) is 0 Å². The number of aromatic nitrogens is 3. The number of halogens is 1. The molecule has 33 heavy (non-hydrogen) atoms. The van der Waals surface area contributed by atoms with E-state index in [9.17, 15) is 9.18 Å². The number of carbonyl (C=O) groups is 1. The Morgan fingerprint density at radius 3 is 2.64 bits per heavy atom. The fourth-order valence-electron chi connectivity index (χ4n) is 3.90. The van der Waals surface area contributed by atoms with Crippen LogP contribution in [0.2, 0.25) is 0 Å². The molecule has 5 rings (SSSR count). The van der Waals surface area contributed by atoms with Gasteiger partial charge in [-0.3, -0.25) is 9.48 Å². The third-order valence-electron chi connectivity index (χ3n) is 5.64. The minimum atomic E-state index is -0.272. The molecule has 2 aromatic carbocycles. The number of nitrogens with zero attached hydrogens (tertiary/aromatic N) is 3. The van der Waals surface area contributed by atoms with E-state index in [-0.39, 0.29) is 11.7 Å². The van der Waals surface area contributed by atoms with Gasteiger partial charge in [0.1, 0.15) is 5.82 Å². The van der Waals surface area contributed by atoms with Gasteiger partial charge in [0.2, 0.25) is 0 Å². The average molecular weight is 457 g/mol. The lowest BCUT2D eigenvalue weighted by atomic mass is 10.0. The number of rotatable bonds is 5. The Labute approximate surface area is 194 Å². The second-order valence-electron chi connectivity index (χ2n) is 7.87. The van der Waals surface area contributed by atoms with Gasteiger partial charge in [0, 0.05) is 16.3 Å². The van der Waals surface area contributed by atoms with E-state index in [4.69, 9.17) is 4.98 Å². The fraction of sp³-hybridized carbons (Fsp3) is 0.115. The Hall–Kier alpha value is -3.84. The van der Waals surface area contributed by atoms with E-state index in [1.165, 1.54) is 12.1 Å². The molecule has 0 radical (unpaired) electrons. The van der Waals surface area contributed by atoms with Crippen LogP contribution in [-0.2, 0) is 6.54 Å². The molecular weight excluding hydrogens is 435 g/mol. The lowest BCUT2D eigenvalue weighted by molar-refractivity contribution is 0.102. The third kappa shape index (κ3) is 4.15. The maximum Gasteiger partial charge on any atom is 0.256 e. The number of hydrogen-bond acceptors (Lipinski definition) is 4. The monoisotopic (exact) mass is 456 g/mol. The molecule has 1 amide bonds. The van der Waals surface area contributed by atoms with Gasteiger partial charge in [-0.1, -0.05) is 30.3 Å². The molecule has 0 saturated heterocycles. The van der Waals surface area contributed by atoms with E-state index in [0.29, 0.717) is 17.8 Å². The maximum absolute atomic E-state index is 13.4. The van der Waals surface area contributed by atoms with Gasteiger partial charge in [-0.25, -0.2) is 9.37 Å². The highest BCUT2D eigenvalue weighted by Gasteiger charge is 2.19. The molecule has 3 heterocycles. The summed E-state index contributed by atoms with van der Waals surface area (Å²) in [5, 5.41) is 12.5. The molecule has 0 aliphatic carbocycles. The van der Waals surface area contributed by atoms with Crippen LogP contribution in [0.25, 0.3) is 22.2 Å². The van der Waals surface area contributed by atoms with Crippen molar-refractivity contribution < 1.29 is 9.18 Å². The molecule has 0 aliphatic rings. The van der Waals surface area contributed by atoms with Gasteiger partial charge in [0.05, 0.1) is 40.4 Å². The number of carbonyl (C=O) groups excluding carboxylic acids is 1. The summed E-state index contributed by atoms with van der Waals surface area (Å²) in [4.78, 5) is 18.2. The number of pyridine rings is 1. The van der Waals surface area contributed by atoms with Gasteiger partial charge in [-0.05, 0) is 55.1 Å². The molecule has 0 bridgehead atoms. The van der Waals surface area contributed by atoms with Crippen molar-refractivity contribution in [2.75, 3.05) is 5.32 Å². The standard InChI is InChI=1S/C26H21FN4OS/c1-16-25(17(2)31(30-16)14-18-7-9-20(27)10-8-18)29-26(32)22-13-24(19-11-12-33-15-19)28-23-6-4-3-5-21(22)23/h3-13,15H,14H2,1-2H3,(H,29,32). The average Bonchev–Trinajstić information content (AvgIpc) is 3.45. The second kappa shape index (κ2) is 8.60. The Bertz CT molecular complexity index is 1460. The predicted molar refractivity (Wildman–Crippen MR) is 130 cm³/mol. The number of para-hydroxylation sites is 1. The number of amides is 1. The van der Waals surface area contributed by atoms with Crippen LogP contribution in [0.1, 0.15) is 27.3 Å². The van der Waals surface area contributed by atoms with E-state index in [2.05, 4.69) is 10.4 Å². The molecule has 0 saturated carbocycles. The fourth-order valence-corrected chi connectivity index (χ4v) is 4.55. The molecule has 7 heteroatoms. The van der Waals surface area contributed by atoms with Crippen LogP contribution in [0.3, 0.4) is 0 Å². The smallest absolute Gasteiger partial charge is 0.256 e. The summed E-state index contributed by atoms with van der Waals surface area (Å²) in [6.45, 7) is 4.27. The Balaban J connectivity index is 1.49. The molecule has 5 aromatic rings. The number of hydrogen-bond donors (Lipinski definition) is 1. The summed E-state index contributed by atoms with van der Waals surface area (Å²) in [5.74, 6) is -0.482. The summed E-state index contributed by atoms with van der Waals surface area (Å²) in [6.07, 6.45) is 0. The summed E-state index contributed by atoms with van der Waals surface area (Å²) in [5.41, 5.74) is 6.25. The Morgan fingerprint density at radius 1 is 1.09 bits per heavy atom. The largest absolute Gasteiger partial charge is 0.319 e. The van der Waals surface area contributed by atoms with Gasteiger partial charge in [0.25, 0.3) is 5.91 Å². The first kappa shape index (κ1) is 21.0. The first-order valence-corrected chi connectivity index (χ1v) is 11.5. The third-order valence-corrected chi connectivity index (χ3v) is 6.33. The summed E-state index contributed by atoms with van der Waals surface area (Å²) in [7, 11) is 0. The molecule has 164 valence electrons. The molecule has 5 nitrogen and oxygen atoms in total. The Morgan fingerprint density at radius 2 is 1.88 bits per heavy atom. The minimum absolute atomic E-state index is 0.211. The zero-order chi connectivity index (χ0) is 22.9. The molecular formula is C26H21FN4OS. The second-order valence-corrected chi connectivity index (χ2v) is 8.65. The topological polar surface area (TPSA) is 59.8 Å². The number of benzene rings is 2. The van der Waals surface area contributed by atoms with Crippen LogP contribution >= 0.6 is 11.3 Å². The number of thiophene rings is 1. The van der Waals surface area contributed by atoms with Crippen molar-refractivity contribution in [3.05, 3.63) is 99.8 Å². The van der Waals surface area contributed by atoms with Gasteiger partial charge in [0.15, 0.2) is 0 Å². The van der Waals surface area contributed by atoms with Crippen LogP contribution in [0.5, 0.6) is 0 Å². The van der Waals surface area contributed by atoms with Crippen LogP contribution in [0.15, 0.2) is 71.4 Å². The predicted octanol–water partition coefficient (Wildman–Crippen LogP) is 6.22. The highest BCUT2D eigenvalue weighted by atomic mass is 32.1. The van der Waals surface area contributed by atoms with Crippen molar-refractivity contribution in [1.29, 1.82) is 0 Å². The minimum Gasteiger partial charge on any atom is -0.319 e. The molecule has 0 spiro atoms. The van der Waals surface area contributed by atoms with E-state index >= 15 is 0 Å². The number of nitrogens with one attached hydrogen (secondary N) is 1. The first-order valence-electron chi connectivity index (χ1n) is 10.5. The maximum atomic E-state index is 13.4. The van der Waals surface area contributed by atoms with E-state index in [0.717, 1.165) is 39.1 Å². The summed E-state index contributed by atoms with van der Waals surface area (Å²) < 4.78 is 15.1. The first-order chi connectivity index (χ1) is 16.0. The number of anilines is 1. The van der Waals surface area contributed by atoms with Crippen molar-refractivity contribution in [2.45, 2.75) is 20.4 Å². The lowest BCUT2D eigenvalue weighted by Crippen LogP contribution is -2.14. The van der Waals surface area contributed by atoms with Gasteiger partial charge < -0.3 is 5.32 Å². The van der Waals surface area contributed by atoms with Crippen molar-refractivity contribution in [2.24, 2.45) is 0 Å². The van der Waals surface area contributed by atoms with Gasteiger partial charge in [-0.15, -0.1) is 0 Å². The van der Waals surface area contributed by atoms with Crippen molar-refractivity contribution in [3.8, 4) is 11.3 Å². The van der Waals surface area contributed by atoms with Crippen LogP contribution in [0.4, 0.5) is 10.1 Å². The van der Waals surface area contributed by atoms with Crippen molar-refractivity contribution >= 4 is 33.8 Å². The normalized spacial score (nSPS) is 11.1.